The first-order valence-corrected chi connectivity index (χ1v) is 20.4. The third-order valence-electron chi connectivity index (χ3n) is 12.3. The second-order valence-corrected chi connectivity index (χ2v) is 16.8. The van der Waals surface area contributed by atoms with Gasteiger partial charge in [0.05, 0.1) is 18.5 Å². The maximum absolute atomic E-state index is 11.4. The summed E-state index contributed by atoms with van der Waals surface area (Å²) in [6, 6.07) is 16.2. The van der Waals surface area contributed by atoms with Gasteiger partial charge in [-0.2, -0.15) is 6.08 Å². The Morgan fingerprint density at radius 3 is 1.94 bits per heavy atom. The SMILES string of the molecule is C=c1ccc2c(c1)C(C)(C)[C-](C=CC1CCCC(/C=C/[C-]3[N+](CCCC)=c4ccc(=C)cc4C3(C)C)=C1N1CCN(CCC(=O)O)CC1)[N+]=2CCCC. The van der Waals surface area contributed by atoms with E-state index in [1.165, 1.54) is 45.2 Å². The molecule has 1 unspecified atom stereocenters. The Hall–Kier alpha value is -4.03. The van der Waals surface area contributed by atoms with Gasteiger partial charge in [0.1, 0.15) is 23.8 Å². The van der Waals surface area contributed by atoms with Crippen LogP contribution in [0.4, 0.5) is 0 Å². The molecule has 1 fully saturated rings. The minimum Gasteiger partial charge on any atom is -0.481 e. The highest BCUT2D eigenvalue weighted by atomic mass is 16.4. The molecule has 3 aliphatic heterocycles. The number of unbranched alkanes of at least 4 members (excludes halogenated alkanes) is 2. The topological polar surface area (TPSA) is 49.8 Å². The average molecular weight is 717 g/mol. The van der Waals surface area contributed by atoms with Crippen LogP contribution in [-0.2, 0) is 15.6 Å². The van der Waals surface area contributed by atoms with Crippen molar-refractivity contribution in [3.8, 4) is 0 Å². The Morgan fingerprint density at radius 1 is 0.868 bits per heavy atom. The van der Waals surface area contributed by atoms with Gasteiger partial charge >= 0.3 is 5.97 Å². The number of hydrogen-bond acceptors (Lipinski definition) is 3. The van der Waals surface area contributed by atoms with Crippen molar-refractivity contribution in [2.45, 2.75) is 104 Å². The first kappa shape index (κ1) is 38.7. The minimum atomic E-state index is -0.720. The predicted molar refractivity (Wildman–Crippen MR) is 220 cm³/mol. The number of carboxylic acids is 1. The first-order valence-electron chi connectivity index (χ1n) is 20.4. The van der Waals surface area contributed by atoms with Crippen molar-refractivity contribution >= 4 is 19.1 Å². The summed E-state index contributed by atoms with van der Waals surface area (Å²) in [6.45, 7) is 28.9. The molecule has 4 aliphatic rings. The molecule has 1 atom stereocenters. The summed E-state index contributed by atoms with van der Waals surface area (Å²) >= 11 is 0. The third kappa shape index (κ3) is 7.94. The van der Waals surface area contributed by atoms with Gasteiger partial charge in [0.2, 0.25) is 0 Å². The molecule has 1 N–H and O–H groups in total. The maximum atomic E-state index is 11.4. The van der Waals surface area contributed by atoms with E-state index in [4.69, 9.17) is 0 Å². The van der Waals surface area contributed by atoms with Crippen LogP contribution in [0.5, 0.6) is 0 Å². The zero-order chi connectivity index (χ0) is 37.9. The van der Waals surface area contributed by atoms with E-state index >= 15 is 0 Å². The monoisotopic (exact) mass is 717 g/mol. The van der Waals surface area contributed by atoms with Gasteiger partial charge in [0.15, 0.2) is 0 Å². The number of allylic oxidation sites excluding steroid dienone is 3. The highest BCUT2D eigenvalue weighted by Crippen LogP contribution is 2.41. The second kappa shape index (κ2) is 16.1. The van der Waals surface area contributed by atoms with Crippen molar-refractivity contribution in [3.63, 3.8) is 0 Å². The Kier molecular flexibility index (Phi) is 11.8. The fraction of sp³-hybridized carbons (Fsp3) is 0.511. The van der Waals surface area contributed by atoms with Crippen LogP contribution in [0, 0.1) is 18.0 Å². The standard InChI is InChI=1S/C47H64N4O2/c1-9-11-25-50-40-20-16-34(3)32-38(40)46(5,6)42(50)22-18-36-14-13-15-37(45(36)49-30-28-48(29-31-49)27-24-44(52)53)19-23-43-47(7,8)39-33-35(4)17-21-41(39)51(43)26-12-10-2/h16-23,32-33,36H,3-4,9-15,24-31H2,1-2,5-8H3,(H,52,53)/b22-18?,23-19+. The van der Waals surface area contributed by atoms with Gasteiger partial charge in [0.25, 0.3) is 0 Å². The van der Waals surface area contributed by atoms with Crippen molar-refractivity contribution in [1.82, 2.24) is 19.0 Å². The van der Waals surface area contributed by atoms with Gasteiger partial charge in [0, 0.05) is 56.4 Å². The molecule has 0 radical (unpaired) electrons. The van der Waals surface area contributed by atoms with Crippen LogP contribution >= 0.6 is 0 Å². The highest BCUT2D eigenvalue weighted by molar-refractivity contribution is 5.66. The summed E-state index contributed by atoms with van der Waals surface area (Å²) in [7, 11) is 0. The molecule has 284 valence electrons. The summed E-state index contributed by atoms with van der Waals surface area (Å²) < 4.78 is 5.14. The number of benzene rings is 2. The average Bonchev–Trinajstić information content (AvgIpc) is 3.47. The quantitative estimate of drug-likeness (QED) is 0.202. The lowest BCUT2D eigenvalue weighted by Gasteiger charge is -2.43. The maximum Gasteiger partial charge on any atom is 0.304 e. The van der Waals surface area contributed by atoms with Crippen molar-refractivity contribution < 1.29 is 9.90 Å². The van der Waals surface area contributed by atoms with Gasteiger partial charge in [-0.05, 0) is 51.7 Å². The van der Waals surface area contributed by atoms with E-state index in [-0.39, 0.29) is 17.3 Å². The molecule has 0 saturated carbocycles. The van der Waals surface area contributed by atoms with Crippen LogP contribution < -0.4 is 30.3 Å². The summed E-state index contributed by atoms with van der Waals surface area (Å²) in [5.41, 5.74) is 5.42. The number of hydrogen-bond donors (Lipinski definition) is 1. The summed E-state index contributed by atoms with van der Waals surface area (Å²) in [4.78, 5) is 16.3. The molecule has 6 heteroatoms. The molecule has 0 spiro atoms. The Labute approximate surface area is 318 Å². The fourth-order valence-electron chi connectivity index (χ4n) is 9.22. The lowest BCUT2D eigenvalue weighted by atomic mass is 9.78. The van der Waals surface area contributed by atoms with Crippen LogP contribution in [0.25, 0.3) is 13.2 Å². The molecule has 0 amide bonds. The second-order valence-electron chi connectivity index (χ2n) is 16.8. The van der Waals surface area contributed by atoms with Crippen molar-refractivity contribution in [2.75, 3.05) is 45.8 Å². The van der Waals surface area contributed by atoms with Crippen LogP contribution in [0.1, 0.15) is 104 Å². The Morgan fingerprint density at radius 2 is 1.42 bits per heavy atom. The normalized spacial score (nSPS) is 21.4. The third-order valence-corrected chi connectivity index (χ3v) is 12.3. The summed E-state index contributed by atoms with van der Waals surface area (Å²) in [6.07, 6.45) is 18.1. The van der Waals surface area contributed by atoms with Crippen LogP contribution in [-0.4, -0.2) is 66.7 Å². The minimum absolute atomic E-state index is 0.111. The number of piperazine rings is 1. The van der Waals surface area contributed by atoms with Crippen LogP contribution in [0.15, 0.2) is 72.0 Å². The largest absolute Gasteiger partial charge is 0.481 e. The Bertz CT molecular complexity index is 2000. The van der Waals surface area contributed by atoms with Crippen molar-refractivity contribution in [3.05, 3.63) is 116 Å². The zero-order valence-electron chi connectivity index (χ0n) is 33.5. The van der Waals surface area contributed by atoms with Crippen molar-refractivity contribution in [2.24, 2.45) is 5.92 Å². The lowest BCUT2D eigenvalue weighted by Crippen LogP contribution is -2.47. The molecular formula is C47H64N4O2. The van der Waals surface area contributed by atoms with Crippen molar-refractivity contribution in [1.29, 1.82) is 0 Å². The number of fused-ring (bicyclic) bond motifs is 2. The number of carbonyl (C=O) groups is 1. The van der Waals surface area contributed by atoms with Gasteiger partial charge in [-0.15, -0.1) is 18.2 Å². The van der Waals surface area contributed by atoms with E-state index in [0.29, 0.717) is 12.5 Å². The smallest absolute Gasteiger partial charge is 0.304 e. The molecule has 3 heterocycles. The van der Waals surface area contributed by atoms with E-state index in [2.05, 4.69) is 134 Å². The highest BCUT2D eigenvalue weighted by Gasteiger charge is 2.41. The predicted octanol–water partition coefficient (Wildman–Crippen LogP) is 5.70. The molecule has 2 aromatic carbocycles. The molecule has 1 saturated heterocycles. The van der Waals surface area contributed by atoms with E-state index in [1.807, 2.05) is 0 Å². The number of rotatable bonds is 14. The molecule has 6 rings (SSSR count). The zero-order valence-corrected chi connectivity index (χ0v) is 33.5. The molecule has 6 nitrogen and oxygen atoms in total. The van der Waals surface area contributed by atoms with E-state index in [0.717, 1.165) is 94.7 Å². The van der Waals surface area contributed by atoms with Crippen LogP contribution in [0.2, 0.25) is 0 Å². The number of aliphatic carboxylic acids is 1. The fourth-order valence-corrected chi connectivity index (χ4v) is 9.22. The molecular weight excluding hydrogens is 653 g/mol. The van der Waals surface area contributed by atoms with E-state index in [9.17, 15) is 9.90 Å². The van der Waals surface area contributed by atoms with Gasteiger partial charge in [-0.3, -0.25) is 9.69 Å². The molecule has 2 aromatic rings. The van der Waals surface area contributed by atoms with E-state index < -0.39 is 5.97 Å². The lowest BCUT2D eigenvalue weighted by molar-refractivity contribution is -0.137. The molecule has 53 heavy (non-hydrogen) atoms. The summed E-state index contributed by atoms with van der Waals surface area (Å²) in [5.74, 6) is -0.413. The first-order chi connectivity index (χ1) is 25.4. The van der Waals surface area contributed by atoms with Crippen LogP contribution in [0.3, 0.4) is 0 Å². The van der Waals surface area contributed by atoms with Gasteiger partial charge < -0.3 is 19.2 Å². The Balaban J connectivity index is 1.38. The molecule has 1 aliphatic carbocycles. The summed E-state index contributed by atoms with van der Waals surface area (Å²) in [5, 5.41) is 14.1. The molecule has 0 bridgehead atoms. The number of carboxylic acid groups (broad SMARTS) is 1. The van der Waals surface area contributed by atoms with Gasteiger partial charge in [-0.1, -0.05) is 110 Å². The number of nitrogens with zero attached hydrogens (tertiary/aromatic N) is 4. The van der Waals surface area contributed by atoms with Gasteiger partial charge in [-0.25, -0.2) is 0 Å². The molecule has 0 aromatic heterocycles. The van der Waals surface area contributed by atoms with E-state index in [1.54, 1.807) is 0 Å².